The van der Waals surface area contributed by atoms with Gasteiger partial charge >= 0.3 is 0 Å². The van der Waals surface area contributed by atoms with Gasteiger partial charge in [0.15, 0.2) is 0 Å². The van der Waals surface area contributed by atoms with Crippen LogP contribution in [-0.2, 0) is 10.0 Å². The number of piperidine rings is 1. The Balaban J connectivity index is 1.95. The minimum absolute atomic E-state index is 0.196. The van der Waals surface area contributed by atoms with Crippen molar-refractivity contribution in [2.75, 3.05) is 40.3 Å². The molecule has 2 aliphatic rings. The largest absolute Gasteiger partial charge is 0.315 e. The van der Waals surface area contributed by atoms with Crippen LogP contribution in [-0.4, -0.2) is 69.2 Å². The number of hydrogen-bond donors (Lipinski definition) is 1. The smallest absolute Gasteiger partial charge is 0.218 e. The molecule has 0 radical (unpaired) electrons. The SMILES string of the molecule is CN(C)C1CCN(S(=O)(=O)C2CCNC2)CC1. The zero-order valence-corrected chi connectivity index (χ0v) is 11.5. The van der Waals surface area contributed by atoms with Crippen LogP contribution in [0, 0.1) is 0 Å². The predicted molar refractivity (Wildman–Crippen MR) is 68.5 cm³/mol. The summed E-state index contributed by atoms with van der Waals surface area (Å²) in [6.45, 7) is 2.82. The van der Waals surface area contributed by atoms with Crippen LogP contribution in [0.25, 0.3) is 0 Å². The molecule has 2 rings (SSSR count). The second-order valence-corrected chi connectivity index (χ2v) is 7.47. The molecule has 0 aromatic carbocycles. The van der Waals surface area contributed by atoms with Crippen LogP contribution in [0.1, 0.15) is 19.3 Å². The third-order valence-corrected chi connectivity index (χ3v) is 6.28. The summed E-state index contributed by atoms with van der Waals surface area (Å²) < 4.78 is 26.4. The van der Waals surface area contributed by atoms with Gasteiger partial charge in [-0.05, 0) is 39.9 Å². The van der Waals surface area contributed by atoms with Crippen LogP contribution < -0.4 is 5.32 Å². The number of nitrogens with one attached hydrogen (secondary N) is 1. The summed E-state index contributed by atoms with van der Waals surface area (Å²) in [4.78, 5) is 2.20. The van der Waals surface area contributed by atoms with Gasteiger partial charge in [0.05, 0.1) is 5.25 Å². The van der Waals surface area contributed by atoms with Crippen LogP contribution in [0.3, 0.4) is 0 Å². The fourth-order valence-electron chi connectivity index (χ4n) is 2.71. The van der Waals surface area contributed by atoms with Gasteiger partial charge in [-0.2, -0.15) is 0 Å². The summed E-state index contributed by atoms with van der Waals surface area (Å²) in [5, 5.41) is 2.93. The van der Waals surface area contributed by atoms with Crippen LogP contribution in [0.15, 0.2) is 0 Å². The van der Waals surface area contributed by atoms with Gasteiger partial charge in [-0.25, -0.2) is 12.7 Å². The van der Waals surface area contributed by atoms with E-state index in [4.69, 9.17) is 0 Å². The van der Waals surface area contributed by atoms with Crippen LogP contribution in [0.2, 0.25) is 0 Å². The molecule has 0 aliphatic carbocycles. The number of sulfonamides is 1. The fraction of sp³-hybridized carbons (Fsp3) is 1.00. The Labute approximate surface area is 104 Å². The summed E-state index contributed by atoms with van der Waals surface area (Å²) in [5.74, 6) is 0. The van der Waals surface area contributed by atoms with Crippen molar-refractivity contribution in [3.05, 3.63) is 0 Å². The Morgan fingerprint density at radius 1 is 1.18 bits per heavy atom. The maximum Gasteiger partial charge on any atom is 0.218 e. The first-order chi connectivity index (χ1) is 8.01. The lowest BCUT2D eigenvalue weighted by molar-refractivity contribution is 0.196. The Hall–Kier alpha value is -0.170. The van der Waals surface area contributed by atoms with Crippen molar-refractivity contribution in [3.63, 3.8) is 0 Å². The second kappa shape index (κ2) is 5.22. The van der Waals surface area contributed by atoms with Crippen LogP contribution in [0.4, 0.5) is 0 Å². The van der Waals surface area contributed by atoms with Gasteiger partial charge < -0.3 is 10.2 Å². The molecule has 2 saturated heterocycles. The summed E-state index contributed by atoms with van der Waals surface area (Å²) in [6, 6.07) is 0.531. The maximum absolute atomic E-state index is 12.3. The molecule has 1 N–H and O–H groups in total. The van der Waals surface area contributed by atoms with Gasteiger partial charge in [0.2, 0.25) is 10.0 Å². The van der Waals surface area contributed by atoms with E-state index in [0.717, 1.165) is 25.8 Å². The fourth-order valence-corrected chi connectivity index (χ4v) is 4.59. The van der Waals surface area contributed by atoms with E-state index in [1.807, 2.05) is 0 Å². The lowest BCUT2D eigenvalue weighted by atomic mass is 10.1. The number of rotatable bonds is 3. The normalized spacial score (nSPS) is 29.0. The molecule has 2 heterocycles. The molecule has 0 aromatic rings. The van der Waals surface area contributed by atoms with Crippen molar-refractivity contribution in [3.8, 4) is 0 Å². The van der Waals surface area contributed by atoms with Gasteiger partial charge in [-0.15, -0.1) is 0 Å². The average Bonchev–Trinajstić information content (AvgIpc) is 2.83. The highest BCUT2D eigenvalue weighted by Gasteiger charge is 2.36. The minimum Gasteiger partial charge on any atom is -0.315 e. The summed E-state index contributed by atoms with van der Waals surface area (Å²) in [7, 11) is 1.07. The lowest BCUT2D eigenvalue weighted by Crippen LogP contribution is -2.47. The van der Waals surface area contributed by atoms with E-state index in [1.165, 1.54) is 0 Å². The molecule has 2 aliphatic heterocycles. The highest BCUT2D eigenvalue weighted by Crippen LogP contribution is 2.21. The molecule has 1 atom stereocenters. The van der Waals surface area contributed by atoms with E-state index >= 15 is 0 Å². The number of nitrogens with zero attached hydrogens (tertiary/aromatic N) is 2. The summed E-state index contributed by atoms with van der Waals surface area (Å²) in [5.41, 5.74) is 0. The topological polar surface area (TPSA) is 52.7 Å². The summed E-state index contributed by atoms with van der Waals surface area (Å²) in [6.07, 6.45) is 2.66. The molecule has 17 heavy (non-hydrogen) atoms. The Bertz CT molecular complexity index is 342. The Morgan fingerprint density at radius 2 is 1.82 bits per heavy atom. The Morgan fingerprint density at radius 3 is 2.29 bits per heavy atom. The second-order valence-electron chi connectivity index (χ2n) is 5.25. The molecule has 2 fully saturated rings. The van der Waals surface area contributed by atoms with Crippen molar-refractivity contribution in [1.82, 2.24) is 14.5 Å². The predicted octanol–water partition coefficient (Wildman–Crippen LogP) is -0.296. The molecule has 5 nitrogen and oxygen atoms in total. The molecule has 0 spiro atoms. The molecule has 0 bridgehead atoms. The highest BCUT2D eigenvalue weighted by molar-refractivity contribution is 7.89. The molecule has 0 aromatic heterocycles. The van der Waals surface area contributed by atoms with Gasteiger partial charge in [-0.3, -0.25) is 0 Å². The van der Waals surface area contributed by atoms with Gasteiger partial charge in [0, 0.05) is 25.7 Å². The quantitative estimate of drug-likeness (QED) is 0.758. The van der Waals surface area contributed by atoms with Crippen molar-refractivity contribution in [1.29, 1.82) is 0 Å². The van der Waals surface area contributed by atoms with Crippen LogP contribution >= 0.6 is 0 Å². The van der Waals surface area contributed by atoms with E-state index < -0.39 is 10.0 Å². The zero-order chi connectivity index (χ0) is 12.5. The van der Waals surface area contributed by atoms with E-state index in [2.05, 4.69) is 24.3 Å². The van der Waals surface area contributed by atoms with E-state index in [-0.39, 0.29) is 5.25 Å². The molecular weight excluding hydrogens is 238 g/mol. The Kier molecular flexibility index (Phi) is 4.07. The molecule has 100 valence electrons. The maximum atomic E-state index is 12.3. The van der Waals surface area contributed by atoms with E-state index in [0.29, 0.717) is 25.7 Å². The first-order valence-corrected chi connectivity index (χ1v) is 7.88. The van der Waals surface area contributed by atoms with Crippen LogP contribution in [0.5, 0.6) is 0 Å². The lowest BCUT2D eigenvalue weighted by Gasteiger charge is -2.35. The molecule has 6 heteroatoms. The molecular formula is C11H23N3O2S. The first-order valence-electron chi connectivity index (χ1n) is 6.38. The van der Waals surface area contributed by atoms with Crippen molar-refractivity contribution in [2.45, 2.75) is 30.6 Å². The van der Waals surface area contributed by atoms with Gasteiger partial charge in [-0.1, -0.05) is 0 Å². The summed E-state index contributed by atoms with van der Waals surface area (Å²) >= 11 is 0. The third kappa shape index (κ3) is 2.81. The van der Waals surface area contributed by atoms with Crippen molar-refractivity contribution in [2.24, 2.45) is 0 Å². The highest BCUT2D eigenvalue weighted by atomic mass is 32.2. The molecule has 0 saturated carbocycles. The van der Waals surface area contributed by atoms with Gasteiger partial charge in [0.1, 0.15) is 0 Å². The van der Waals surface area contributed by atoms with E-state index in [9.17, 15) is 8.42 Å². The van der Waals surface area contributed by atoms with E-state index in [1.54, 1.807) is 4.31 Å². The molecule has 1 unspecified atom stereocenters. The zero-order valence-electron chi connectivity index (χ0n) is 10.7. The van der Waals surface area contributed by atoms with Gasteiger partial charge in [0.25, 0.3) is 0 Å². The third-order valence-electron chi connectivity index (χ3n) is 3.95. The number of hydrogen-bond acceptors (Lipinski definition) is 4. The molecule has 0 amide bonds. The van der Waals surface area contributed by atoms with Crippen molar-refractivity contribution >= 4 is 10.0 Å². The standard InChI is InChI=1S/C11H23N3O2S/c1-13(2)10-4-7-14(8-5-10)17(15,16)11-3-6-12-9-11/h10-12H,3-9H2,1-2H3. The first kappa shape index (κ1) is 13.3. The monoisotopic (exact) mass is 261 g/mol. The van der Waals surface area contributed by atoms with Crippen molar-refractivity contribution < 1.29 is 8.42 Å². The minimum atomic E-state index is -3.06. The average molecular weight is 261 g/mol.